The van der Waals surface area contributed by atoms with Crippen LogP contribution in [0.4, 0.5) is 0 Å². The second-order valence-electron chi connectivity index (χ2n) is 7.12. The Labute approximate surface area is 161 Å². The van der Waals surface area contributed by atoms with Gasteiger partial charge in [0.05, 0.1) is 8.15 Å². The zero-order valence-electron chi connectivity index (χ0n) is 15.9. The van der Waals surface area contributed by atoms with Crippen LogP contribution in [0.25, 0.3) is 0 Å². The van der Waals surface area contributed by atoms with E-state index in [4.69, 9.17) is 15.0 Å². The van der Waals surface area contributed by atoms with E-state index in [2.05, 4.69) is 0 Å². The van der Waals surface area contributed by atoms with E-state index in [-0.39, 0.29) is 18.8 Å². The Hall–Kier alpha value is -2.07. The van der Waals surface area contributed by atoms with Gasteiger partial charge in [0.1, 0.15) is 18.2 Å². The molecule has 0 saturated carbocycles. The molecule has 2 aromatic rings. The van der Waals surface area contributed by atoms with E-state index in [0.717, 1.165) is 10.6 Å². The highest BCUT2D eigenvalue weighted by atomic mass is 31.1. The van der Waals surface area contributed by atoms with E-state index in [1.807, 2.05) is 60.7 Å². The third-order valence-corrected chi connectivity index (χ3v) is 5.41. The summed E-state index contributed by atoms with van der Waals surface area (Å²) in [5.41, 5.74) is 5.17. The van der Waals surface area contributed by atoms with Crippen LogP contribution in [0.15, 0.2) is 60.7 Å². The molecule has 2 aromatic carbocycles. The Bertz CT molecular complexity index is 704. The molecular weight excluding hydrogens is 361 g/mol. The maximum Gasteiger partial charge on any atom is 0.323 e. The predicted molar refractivity (Wildman–Crippen MR) is 108 cm³/mol. The van der Waals surface area contributed by atoms with Gasteiger partial charge in [-0.1, -0.05) is 60.7 Å². The van der Waals surface area contributed by atoms with Crippen molar-refractivity contribution in [2.24, 2.45) is 5.73 Å². The van der Waals surface area contributed by atoms with Gasteiger partial charge >= 0.3 is 5.97 Å². The summed E-state index contributed by atoms with van der Waals surface area (Å²) in [5, 5.41) is 2.03. The summed E-state index contributed by atoms with van der Waals surface area (Å²) in [7, 11) is -1.12. The minimum Gasteiger partial charge on any atom is -0.459 e. The van der Waals surface area contributed by atoms with Crippen LogP contribution in [0.2, 0.25) is 0 Å². The third kappa shape index (κ3) is 7.22. The number of carbonyl (C=O) groups excluding carboxylic acids is 2. The second-order valence-corrected chi connectivity index (χ2v) is 9.00. The summed E-state index contributed by atoms with van der Waals surface area (Å²) in [6.45, 7) is 5.17. The Morgan fingerprint density at radius 1 is 0.963 bits per heavy atom. The first-order valence-electron chi connectivity index (χ1n) is 8.79. The molecule has 2 N–H and O–H groups in total. The third-order valence-electron chi connectivity index (χ3n) is 3.49. The van der Waals surface area contributed by atoms with E-state index in [0.29, 0.717) is 0 Å². The monoisotopic (exact) mass is 387 g/mol. The molecule has 0 saturated heterocycles. The number of esters is 1. The molecule has 2 rings (SSSR count). The Morgan fingerprint density at radius 3 is 1.89 bits per heavy atom. The molecule has 1 unspecified atom stereocenters. The summed E-state index contributed by atoms with van der Waals surface area (Å²) in [4.78, 5) is 24.2. The number of ether oxygens (including phenoxy) is 1. The highest BCUT2D eigenvalue weighted by Gasteiger charge is 2.25. The van der Waals surface area contributed by atoms with E-state index in [1.165, 1.54) is 0 Å². The minimum absolute atomic E-state index is 0.105. The summed E-state index contributed by atoms with van der Waals surface area (Å²) < 4.78 is 11.2. The van der Waals surface area contributed by atoms with Crippen molar-refractivity contribution >= 4 is 30.5 Å². The smallest absolute Gasteiger partial charge is 0.323 e. The maximum absolute atomic E-state index is 12.3. The van der Waals surface area contributed by atoms with Gasteiger partial charge in [-0.15, -0.1) is 0 Å². The second kappa shape index (κ2) is 9.75. The first kappa shape index (κ1) is 21.2. The number of nitrogens with two attached hydrogens (primary N) is 1. The fraction of sp³-hybridized carbons (Fsp3) is 0.333. The van der Waals surface area contributed by atoms with Crippen LogP contribution in [-0.2, 0) is 18.8 Å². The normalized spacial score (nSPS) is 12.6. The molecule has 0 bridgehead atoms. The van der Waals surface area contributed by atoms with Crippen molar-refractivity contribution in [3.05, 3.63) is 60.7 Å². The van der Waals surface area contributed by atoms with Gasteiger partial charge in [-0.2, -0.15) is 0 Å². The van der Waals surface area contributed by atoms with Crippen molar-refractivity contribution in [1.82, 2.24) is 0 Å². The number of benzene rings is 2. The molecule has 27 heavy (non-hydrogen) atoms. The molecule has 0 amide bonds. The largest absolute Gasteiger partial charge is 0.459 e. The van der Waals surface area contributed by atoms with Gasteiger partial charge in [0.25, 0.3) is 0 Å². The van der Waals surface area contributed by atoms with Crippen molar-refractivity contribution in [2.45, 2.75) is 38.8 Å². The number of ketones is 1. The summed E-state index contributed by atoms with van der Waals surface area (Å²) in [5.74, 6) is -0.808. The van der Waals surface area contributed by atoms with Crippen LogP contribution < -0.4 is 16.3 Å². The van der Waals surface area contributed by atoms with Gasteiger partial charge < -0.3 is 15.0 Å². The van der Waals surface area contributed by atoms with Crippen LogP contribution in [0.3, 0.4) is 0 Å². The predicted octanol–water partition coefficient (Wildman–Crippen LogP) is 2.68. The van der Waals surface area contributed by atoms with Crippen molar-refractivity contribution in [1.29, 1.82) is 0 Å². The quantitative estimate of drug-likeness (QED) is 0.557. The molecule has 0 heterocycles. The van der Waals surface area contributed by atoms with E-state index >= 15 is 0 Å². The van der Waals surface area contributed by atoms with Gasteiger partial charge in [0.15, 0.2) is 5.78 Å². The molecule has 6 heteroatoms. The minimum atomic E-state index is -1.12. The molecule has 0 radical (unpaired) electrons. The van der Waals surface area contributed by atoms with E-state index in [9.17, 15) is 9.59 Å². The molecule has 0 aliphatic heterocycles. The lowest BCUT2D eigenvalue weighted by Crippen LogP contribution is -2.39. The van der Waals surface area contributed by atoms with Crippen LogP contribution in [0.5, 0.6) is 0 Å². The number of hydrogen-bond acceptors (Lipinski definition) is 5. The lowest BCUT2D eigenvalue weighted by Gasteiger charge is -2.22. The summed E-state index contributed by atoms with van der Waals surface area (Å²) in [6.07, 6.45) is -0.109. The van der Waals surface area contributed by atoms with Crippen molar-refractivity contribution < 1.29 is 18.8 Å². The highest BCUT2D eigenvalue weighted by molar-refractivity contribution is 7.68. The number of hydrogen-bond donors (Lipinski definition) is 1. The average molecular weight is 387 g/mol. The lowest BCUT2D eigenvalue weighted by atomic mass is 10.1. The molecule has 144 valence electrons. The fourth-order valence-corrected chi connectivity index (χ4v) is 4.08. The molecule has 0 aromatic heterocycles. The van der Waals surface area contributed by atoms with Crippen LogP contribution >= 0.6 is 8.15 Å². The Morgan fingerprint density at radius 2 is 1.44 bits per heavy atom. The molecule has 5 nitrogen and oxygen atoms in total. The first-order chi connectivity index (χ1) is 12.8. The summed E-state index contributed by atoms with van der Waals surface area (Å²) in [6, 6.07) is 18.6. The lowest BCUT2D eigenvalue weighted by molar-refractivity contribution is -0.157. The number of rotatable bonds is 8. The molecule has 0 aliphatic carbocycles. The standard InChI is InChI=1S/C21H26NO4P/c1-21(2,3)26-20(24)19(22)14-16(23)15-25-27(17-10-6-4-7-11-17)18-12-8-5-9-13-18/h4-13,19H,14-15,22H2,1-3H3. The Kier molecular flexibility index (Phi) is 7.66. The summed E-state index contributed by atoms with van der Waals surface area (Å²) >= 11 is 0. The van der Waals surface area contributed by atoms with Crippen molar-refractivity contribution in [2.75, 3.05) is 6.61 Å². The van der Waals surface area contributed by atoms with Gasteiger partial charge in [-0.05, 0) is 20.8 Å². The SMILES string of the molecule is CC(C)(C)OC(=O)C(N)CC(=O)COP(c1ccccc1)c1ccccc1. The zero-order valence-corrected chi connectivity index (χ0v) is 16.8. The van der Waals surface area contributed by atoms with Gasteiger partial charge in [-0.25, -0.2) is 0 Å². The molecule has 1 atom stereocenters. The van der Waals surface area contributed by atoms with Crippen LogP contribution in [0, 0.1) is 0 Å². The number of carbonyl (C=O) groups is 2. The zero-order chi connectivity index (χ0) is 19.9. The topological polar surface area (TPSA) is 78.6 Å². The fourth-order valence-electron chi connectivity index (χ4n) is 2.33. The van der Waals surface area contributed by atoms with Crippen LogP contribution in [-0.4, -0.2) is 30.0 Å². The Balaban J connectivity index is 1.99. The van der Waals surface area contributed by atoms with Crippen molar-refractivity contribution in [3.63, 3.8) is 0 Å². The van der Waals surface area contributed by atoms with E-state index in [1.54, 1.807) is 20.8 Å². The molecular formula is C21H26NO4P. The molecule has 0 spiro atoms. The van der Waals surface area contributed by atoms with Gasteiger partial charge in [-0.3, -0.25) is 9.59 Å². The van der Waals surface area contributed by atoms with Crippen LogP contribution in [0.1, 0.15) is 27.2 Å². The van der Waals surface area contributed by atoms with E-state index < -0.39 is 25.8 Å². The first-order valence-corrected chi connectivity index (χ1v) is 10.1. The average Bonchev–Trinajstić information content (AvgIpc) is 2.62. The molecule has 0 fully saturated rings. The number of Topliss-reactive ketones (excluding diaryl/α,β-unsaturated/α-hetero) is 1. The van der Waals surface area contributed by atoms with Crippen molar-refractivity contribution in [3.8, 4) is 0 Å². The van der Waals surface area contributed by atoms with Gasteiger partial charge in [0.2, 0.25) is 0 Å². The molecule has 0 aliphatic rings. The van der Waals surface area contributed by atoms with Gasteiger partial charge in [0, 0.05) is 17.0 Å². The highest BCUT2D eigenvalue weighted by Crippen LogP contribution is 2.34. The maximum atomic E-state index is 12.3.